The van der Waals surface area contributed by atoms with Crippen LogP contribution < -0.4 is 5.32 Å². The van der Waals surface area contributed by atoms with Gasteiger partial charge in [-0.05, 0) is 24.6 Å². The van der Waals surface area contributed by atoms with E-state index >= 15 is 0 Å². The number of nitrogens with zero attached hydrogens (tertiary/aromatic N) is 2. The lowest BCUT2D eigenvalue weighted by Gasteiger charge is -2.13. The Hall–Kier alpha value is -1.91. The summed E-state index contributed by atoms with van der Waals surface area (Å²) in [4.78, 5) is 27.7. The van der Waals surface area contributed by atoms with Gasteiger partial charge in [0, 0.05) is 20.2 Å². The zero-order valence-electron chi connectivity index (χ0n) is 9.65. The van der Waals surface area contributed by atoms with Gasteiger partial charge in [0.2, 0.25) is 11.8 Å². The van der Waals surface area contributed by atoms with Gasteiger partial charge in [-0.3, -0.25) is 9.59 Å². The summed E-state index contributed by atoms with van der Waals surface area (Å²) in [7, 11) is 1.57. The number of aromatic nitrogens is 1. The topological polar surface area (TPSA) is 62.3 Å². The highest BCUT2D eigenvalue weighted by Crippen LogP contribution is 2.04. The van der Waals surface area contributed by atoms with Gasteiger partial charge in [-0.25, -0.2) is 4.98 Å². The van der Waals surface area contributed by atoms with Crippen molar-refractivity contribution in [2.45, 2.75) is 13.8 Å². The largest absolute Gasteiger partial charge is 0.337 e. The molecule has 2 amide bonds. The summed E-state index contributed by atoms with van der Waals surface area (Å²) in [6.07, 6.45) is 1.62. The summed E-state index contributed by atoms with van der Waals surface area (Å²) in [6.45, 7) is 3.36. The monoisotopic (exact) mass is 221 g/mol. The molecule has 86 valence electrons. The van der Waals surface area contributed by atoms with Crippen LogP contribution in [0.5, 0.6) is 0 Å². The van der Waals surface area contributed by atoms with Crippen LogP contribution in [-0.2, 0) is 9.59 Å². The molecule has 0 saturated carbocycles. The van der Waals surface area contributed by atoms with Gasteiger partial charge in [0.1, 0.15) is 5.82 Å². The van der Waals surface area contributed by atoms with Crippen molar-refractivity contribution in [2.24, 2.45) is 0 Å². The van der Waals surface area contributed by atoms with Crippen LogP contribution in [0.1, 0.15) is 12.5 Å². The van der Waals surface area contributed by atoms with Crippen molar-refractivity contribution < 1.29 is 9.59 Å². The van der Waals surface area contributed by atoms with E-state index in [2.05, 4.69) is 10.3 Å². The number of carbonyl (C=O) groups is 2. The van der Waals surface area contributed by atoms with E-state index in [1.807, 2.05) is 13.0 Å². The average Bonchev–Trinajstić information content (AvgIpc) is 2.16. The number of aryl methyl sites for hydroxylation is 1. The molecule has 1 rings (SSSR count). The Labute approximate surface area is 94.5 Å². The van der Waals surface area contributed by atoms with E-state index in [1.165, 1.54) is 11.8 Å². The summed E-state index contributed by atoms with van der Waals surface area (Å²) in [5.74, 6) is 0.102. The third-order valence-electron chi connectivity index (χ3n) is 2.10. The Kier molecular flexibility index (Phi) is 3.99. The number of carbonyl (C=O) groups excluding carboxylic acids is 2. The van der Waals surface area contributed by atoms with Crippen molar-refractivity contribution in [3.05, 3.63) is 23.9 Å². The van der Waals surface area contributed by atoms with E-state index < -0.39 is 0 Å². The minimum Gasteiger partial charge on any atom is -0.337 e. The summed E-state index contributed by atoms with van der Waals surface area (Å²) in [5, 5.41) is 2.62. The van der Waals surface area contributed by atoms with Gasteiger partial charge in [-0.1, -0.05) is 0 Å². The molecule has 1 aromatic heterocycles. The first-order chi connectivity index (χ1) is 7.49. The van der Waals surface area contributed by atoms with Gasteiger partial charge in [0.15, 0.2) is 0 Å². The highest BCUT2D eigenvalue weighted by Gasteiger charge is 2.09. The fourth-order valence-electron chi connectivity index (χ4n) is 1.11. The Morgan fingerprint density at radius 1 is 1.50 bits per heavy atom. The standard InChI is InChI=1S/C11H15N3O2/c1-8-4-5-12-10(6-8)13-11(16)7-14(3)9(2)15/h4-6H,7H2,1-3H3,(H,12,13,16). The molecule has 0 bridgehead atoms. The van der Waals surface area contributed by atoms with Gasteiger partial charge in [-0.15, -0.1) is 0 Å². The number of nitrogens with one attached hydrogen (secondary N) is 1. The van der Waals surface area contributed by atoms with Crippen molar-refractivity contribution in [1.82, 2.24) is 9.88 Å². The molecule has 0 aliphatic carbocycles. The zero-order valence-corrected chi connectivity index (χ0v) is 9.65. The SMILES string of the molecule is CC(=O)N(C)CC(=O)Nc1cc(C)ccn1. The lowest BCUT2D eigenvalue weighted by atomic mass is 10.3. The predicted molar refractivity (Wildman–Crippen MR) is 60.9 cm³/mol. The third-order valence-corrected chi connectivity index (χ3v) is 2.10. The number of pyridine rings is 1. The highest BCUT2D eigenvalue weighted by atomic mass is 16.2. The summed E-state index contributed by atoms with van der Waals surface area (Å²) >= 11 is 0. The molecule has 1 aromatic rings. The Bertz CT molecular complexity index is 404. The quantitative estimate of drug-likeness (QED) is 0.821. The van der Waals surface area contributed by atoms with Gasteiger partial charge in [-0.2, -0.15) is 0 Å². The van der Waals surface area contributed by atoms with Crippen LogP contribution in [-0.4, -0.2) is 35.3 Å². The normalized spacial score (nSPS) is 9.69. The number of anilines is 1. The first-order valence-corrected chi connectivity index (χ1v) is 4.93. The lowest BCUT2D eigenvalue weighted by Crippen LogP contribution is -2.33. The summed E-state index contributed by atoms with van der Waals surface area (Å²) in [6, 6.07) is 3.61. The van der Waals surface area contributed by atoms with E-state index in [4.69, 9.17) is 0 Å². The van der Waals surface area contributed by atoms with Crippen molar-refractivity contribution in [1.29, 1.82) is 0 Å². The molecule has 0 spiro atoms. The first kappa shape index (κ1) is 12.2. The molecule has 0 atom stereocenters. The smallest absolute Gasteiger partial charge is 0.245 e. The second-order valence-corrected chi connectivity index (χ2v) is 3.64. The van der Waals surface area contributed by atoms with Gasteiger partial charge < -0.3 is 10.2 Å². The number of rotatable bonds is 3. The van der Waals surface area contributed by atoms with E-state index in [0.29, 0.717) is 5.82 Å². The Morgan fingerprint density at radius 3 is 2.75 bits per heavy atom. The van der Waals surface area contributed by atoms with Gasteiger partial charge >= 0.3 is 0 Å². The molecule has 5 nitrogen and oxygen atoms in total. The first-order valence-electron chi connectivity index (χ1n) is 4.93. The minimum atomic E-state index is -0.254. The van der Waals surface area contributed by atoms with Crippen molar-refractivity contribution >= 4 is 17.6 Å². The van der Waals surface area contributed by atoms with E-state index in [9.17, 15) is 9.59 Å². The van der Waals surface area contributed by atoms with Crippen molar-refractivity contribution in [3.63, 3.8) is 0 Å². The minimum absolute atomic E-state index is 0.0327. The molecule has 1 heterocycles. The molecular formula is C11H15N3O2. The fraction of sp³-hybridized carbons (Fsp3) is 0.364. The molecule has 16 heavy (non-hydrogen) atoms. The van der Waals surface area contributed by atoms with Crippen LogP contribution in [0.25, 0.3) is 0 Å². The van der Waals surface area contributed by atoms with E-state index in [-0.39, 0.29) is 18.4 Å². The Balaban J connectivity index is 2.55. The van der Waals surface area contributed by atoms with Crippen LogP contribution in [0.3, 0.4) is 0 Å². The van der Waals surface area contributed by atoms with Crippen LogP contribution in [0.15, 0.2) is 18.3 Å². The molecule has 0 fully saturated rings. The maximum Gasteiger partial charge on any atom is 0.245 e. The van der Waals surface area contributed by atoms with Crippen LogP contribution in [0, 0.1) is 6.92 Å². The number of amides is 2. The highest BCUT2D eigenvalue weighted by molar-refractivity contribution is 5.93. The number of hydrogen-bond acceptors (Lipinski definition) is 3. The second kappa shape index (κ2) is 5.25. The lowest BCUT2D eigenvalue weighted by molar-refractivity contribution is -0.131. The molecule has 0 aromatic carbocycles. The zero-order chi connectivity index (χ0) is 12.1. The summed E-state index contributed by atoms with van der Waals surface area (Å²) < 4.78 is 0. The van der Waals surface area contributed by atoms with Gasteiger partial charge in [0.05, 0.1) is 6.54 Å². The second-order valence-electron chi connectivity index (χ2n) is 3.64. The van der Waals surface area contributed by atoms with E-state index in [1.54, 1.807) is 19.3 Å². The van der Waals surface area contributed by atoms with E-state index in [0.717, 1.165) is 5.56 Å². The molecular weight excluding hydrogens is 206 g/mol. The maximum absolute atomic E-state index is 11.5. The van der Waals surface area contributed by atoms with Crippen LogP contribution in [0.4, 0.5) is 5.82 Å². The molecule has 0 aliphatic rings. The predicted octanol–water partition coefficient (Wildman–Crippen LogP) is 0.807. The maximum atomic E-state index is 11.5. The average molecular weight is 221 g/mol. The number of likely N-dealkylation sites (N-methyl/N-ethyl adjacent to an activating group) is 1. The fourth-order valence-corrected chi connectivity index (χ4v) is 1.11. The van der Waals surface area contributed by atoms with Crippen LogP contribution in [0.2, 0.25) is 0 Å². The Morgan fingerprint density at radius 2 is 2.19 bits per heavy atom. The van der Waals surface area contributed by atoms with Crippen molar-refractivity contribution in [3.8, 4) is 0 Å². The molecule has 0 saturated heterocycles. The molecule has 0 unspecified atom stereocenters. The number of hydrogen-bond donors (Lipinski definition) is 1. The molecule has 5 heteroatoms. The van der Waals surface area contributed by atoms with Crippen molar-refractivity contribution in [2.75, 3.05) is 18.9 Å². The molecule has 0 radical (unpaired) electrons. The summed E-state index contributed by atoms with van der Waals surface area (Å²) in [5.41, 5.74) is 1.02. The molecule has 1 N–H and O–H groups in total. The van der Waals surface area contributed by atoms with Crippen LogP contribution >= 0.6 is 0 Å². The molecule has 0 aliphatic heterocycles. The van der Waals surface area contributed by atoms with Gasteiger partial charge in [0.25, 0.3) is 0 Å². The third kappa shape index (κ3) is 3.68.